The van der Waals surface area contributed by atoms with E-state index in [0.717, 1.165) is 78.8 Å². The molecule has 3 heteroatoms. The van der Waals surface area contributed by atoms with Crippen molar-refractivity contribution in [3.05, 3.63) is 198 Å². The molecule has 0 atom stereocenters. The standard InChI is InChI=1S/C51H33NO2/c1-2-13-36-31-45-48(30-25-33(36)11-1)53-49-22-10-19-44(51(45)49)41-16-5-7-20-46(41)52(38-28-29-43-42-17-6-8-21-47(42)54-50(43)32-38)37-26-23-35(24-27-37)40-18-9-14-34-12-3-4-15-39(34)40/h1-29,31-32H,30H2. The van der Waals surface area contributed by atoms with Gasteiger partial charge in [-0.05, 0) is 86.4 Å². The van der Waals surface area contributed by atoms with Crippen LogP contribution in [-0.4, -0.2) is 0 Å². The van der Waals surface area contributed by atoms with Crippen molar-refractivity contribution in [3.63, 3.8) is 0 Å². The molecule has 10 aromatic rings. The number of rotatable bonds is 5. The number of furan rings is 2. The van der Waals surface area contributed by atoms with Gasteiger partial charge in [0, 0.05) is 51.1 Å². The van der Waals surface area contributed by atoms with E-state index < -0.39 is 0 Å². The van der Waals surface area contributed by atoms with Gasteiger partial charge >= 0.3 is 0 Å². The summed E-state index contributed by atoms with van der Waals surface area (Å²) in [5, 5.41) is 8.26. The van der Waals surface area contributed by atoms with Crippen molar-refractivity contribution in [2.75, 3.05) is 4.90 Å². The third-order valence-corrected chi connectivity index (χ3v) is 10.9. The Labute approximate surface area is 312 Å². The molecule has 0 aliphatic heterocycles. The van der Waals surface area contributed by atoms with Crippen LogP contribution < -0.4 is 15.3 Å². The zero-order chi connectivity index (χ0) is 35.6. The zero-order valence-electron chi connectivity index (χ0n) is 29.4. The fraction of sp³-hybridized carbons (Fsp3) is 0.0196. The summed E-state index contributed by atoms with van der Waals surface area (Å²) in [4.78, 5) is 2.36. The van der Waals surface area contributed by atoms with Gasteiger partial charge in [-0.1, -0.05) is 133 Å². The van der Waals surface area contributed by atoms with Crippen LogP contribution in [0.3, 0.4) is 0 Å². The van der Waals surface area contributed by atoms with Crippen molar-refractivity contribution >= 4 is 72.9 Å². The number of fused-ring (bicyclic) bond motifs is 8. The Kier molecular flexibility index (Phi) is 6.93. The number of benzene rings is 8. The number of nitrogens with zero attached hydrogens (tertiary/aromatic N) is 1. The number of hydrogen-bond donors (Lipinski definition) is 0. The lowest BCUT2D eigenvalue weighted by molar-refractivity contribution is 0.568. The molecule has 54 heavy (non-hydrogen) atoms. The molecule has 254 valence electrons. The minimum atomic E-state index is 0.741. The van der Waals surface area contributed by atoms with Gasteiger partial charge in [-0.25, -0.2) is 0 Å². The highest BCUT2D eigenvalue weighted by atomic mass is 16.3. The van der Waals surface area contributed by atoms with E-state index in [-0.39, 0.29) is 0 Å². The predicted molar refractivity (Wildman–Crippen MR) is 224 cm³/mol. The Morgan fingerprint density at radius 2 is 1.11 bits per heavy atom. The van der Waals surface area contributed by atoms with Crippen LogP contribution in [0, 0.1) is 0 Å². The van der Waals surface area contributed by atoms with Gasteiger partial charge in [0.25, 0.3) is 0 Å². The summed E-state index contributed by atoms with van der Waals surface area (Å²) in [5.74, 6) is 0.988. The van der Waals surface area contributed by atoms with E-state index in [9.17, 15) is 0 Å². The van der Waals surface area contributed by atoms with Gasteiger partial charge in [-0.3, -0.25) is 0 Å². The fourth-order valence-corrected chi connectivity index (χ4v) is 8.38. The van der Waals surface area contributed by atoms with Crippen molar-refractivity contribution in [1.82, 2.24) is 0 Å². The summed E-state index contributed by atoms with van der Waals surface area (Å²) in [7, 11) is 0. The van der Waals surface area contributed by atoms with Gasteiger partial charge in [-0.2, -0.15) is 0 Å². The molecule has 8 aromatic carbocycles. The largest absolute Gasteiger partial charge is 0.460 e. The van der Waals surface area contributed by atoms with Crippen LogP contribution in [0.15, 0.2) is 185 Å². The molecule has 0 amide bonds. The monoisotopic (exact) mass is 691 g/mol. The maximum Gasteiger partial charge on any atom is 0.137 e. The number of hydrogen-bond acceptors (Lipinski definition) is 3. The molecule has 0 N–H and O–H groups in total. The molecule has 0 bridgehead atoms. The predicted octanol–water partition coefficient (Wildman–Crippen LogP) is 12.5. The zero-order valence-corrected chi connectivity index (χ0v) is 29.4. The molecule has 1 aliphatic rings. The van der Waals surface area contributed by atoms with E-state index in [1.54, 1.807) is 0 Å². The second-order valence-corrected chi connectivity index (χ2v) is 14.0. The SMILES string of the molecule is C1=c2ccccc2=Cc2c(oc3cccc(-c4ccccc4N(c4ccc(-c5cccc6ccccc56)cc4)c4ccc5c(c4)oc4ccccc45)c23)C1. The van der Waals surface area contributed by atoms with Crippen LogP contribution in [0.4, 0.5) is 17.1 Å². The molecule has 0 radical (unpaired) electrons. The normalized spacial score (nSPS) is 12.3. The second kappa shape index (κ2) is 12.3. The Morgan fingerprint density at radius 3 is 2.04 bits per heavy atom. The summed E-state index contributed by atoms with van der Waals surface area (Å²) < 4.78 is 13.1. The molecule has 0 saturated heterocycles. The molecule has 0 fully saturated rings. The maximum absolute atomic E-state index is 6.61. The topological polar surface area (TPSA) is 29.5 Å². The average molecular weight is 692 g/mol. The minimum Gasteiger partial charge on any atom is -0.460 e. The smallest absolute Gasteiger partial charge is 0.137 e. The molecule has 11 rings (SSSR count). The summed E-state index contributed by atoms with van der Waals surface area (Å²) in [5.41, 5.74) is 11.6. The Morgan fingerprint density at radius 1 is 0.444 bits per heavy atom. The van der Waals surface area contributed by atoms with E-state index in [4.69, 9.17) is 8.83 Å². The van der Waals surface area contributed by atoms with Gasteiger partial charge in [0.1, 0.15) is 22.5 Å². The molecule has 0 spiro atoms. The molecule has 0 unspecified atom stereocenters. The van der Waals surface area contributed by atoms with Crippen molar-refractivity contribution in [1.29, 1.82) is 0 Å². The Balaban J connectivity index is 1.12. The first-order chi connectivity index (χ1) is 26.8. The third kappa shape index (κ3) is 4.90. The first-order valence-corrected chi connectivity index (χ1v) is 18.5. The van der Waals surface area contributed by atoms with Crippen LogP contribution in [0.2, 0.25) is 0 Å². The Bertz CT molecular complexity index is 3200. The van der Waals surface area contributed by atoms with Crippen LogP contribution in [-0.2, 0) is 6.42 Å². The van der Waals surface area contributed by atoms with E-state index in [0.29, 0.717) is 0 Å². The molecule has 0 saturated carbocycles. The highest BCUT2D eigenvalue weighted by Crippen LogP contribution is 2.46. The minimum absolute atomic E-state index is 0.741. The summed E-state index contributed by atoms with van der Waals surface area (Å²) >= 11 is 0. The molecule has 1 aliphatic carbocycles. The van der Waals surface area contributed by atoms with Crippen LogP contribution in [0.25, 0.3) is 78.1 Å². The van der Waals surface area contributed by atoms with Gasteiger partial charge in [0.15, 0.2) is 0 Å². The van der Waals surface area contributed by atoms with Crippen molar-refractivity contribution in [3.8, 4) is 22.3 Å². The average Bonchev–Trinajstić information content (AvgIpc) is 3.72. The highest BCUT2D eigenvalue weighted by molar-refractivity contribution is 6.08. The third-order valence-electron chi connectivity index (χ3n) is 10.9. The van der Waals surface area contributed by atoms with Crippen LogP contribution >= 0.6 is 0 Å². The molecular formula is C51H33NO2. The van der Waals surface area contributed by atoms with Gasteiger partial charge in [0.05, 0.1) is 5.69 Å². The lowest BCUT2D eigenvalue weighted by atomic mass is 9.95. The van der Waals surface area contributed by atoms with Gasteiger partial charge in [-0.15, -0.1) is 0 Å². The summed E-state index contributed by atoms with van der Waals surface area (Å²) in [6, 6.07) is 62.6. The molecule has 2 heterocycles. The van der Waals surface area contributed by atoms with Crippen LogP contribution in [0.5, 0.6) is 0 Å². The van der Waals surface area contributed by atoms with E-state index in [2.05, 4.69) is 181 Å². The number of para-hydroxylation sites is 2. The van der Waals surface area contributed by atoms with E-state index in [1.807, 2.05) is 12.1 Å². The molecular weight excluding hydrogens is 659 g/mol. The quantitative estimate of drug-likeness (QED) is 0.180. The van der Waals surface area contributed by atoms with Crippen molar-refractivity contribution < 1.29 is 8.83 Å². The number of anilines is 3. The summed E-state index contributed by atoms with van der Waals surface area (Å²) in [6.45, 7) is 0. The Hall–Kier alpha value is -7.10. The molecule has 3 nitrogen and oxygen atoms in total. The second-order valence-electron chi connectivity index (χ2n) is 14.0. The highest BCUT2D eigenvalue weighted by Gasteiger charge is 2.23. The first kappa shape index (κ1) is 30.5. The van der Waals surface area contributed by atoms with Gasteiger partial charge < -0.3 is 13.7 Å². The van der Waals surface area contributed by atoms with Crippen LogP contribution in [0.1, 0.15) is 11.3 Å². The van der Waals surface area contributed by atoms with Crippen molar-refractivity contribution in [2.45, 2.75) is 6.42 Å². The van der Waals surface area contributed by atoms with E-state index >= 15 is 0 Å². The summed E-state index contributed by atoms with van der Waals surface area (Å²) in [6.07, 6.45) is 5.31. The van der Waals surface area contributed by atoms with Crippen molar-refractivity contribution in [2.24, 2.45) is 0 Å². The molecule has 2 aromatic heterocycles. The van der Waals surface area contributed by atoms with E-state index in [1.165, 1.54) is 32.3 Å². The maximum atomic E-state index is 6.61. The fourth-order valence-electron chi connectivity index (χ4n) is 8.38. The van der Waals surface area contributed by atoms with Gasteiger partial charge in [0.2, 0.25) is 0 Å². The lowest BCUT2D eigenvalue weighted by Crippen LogP contribution is -2.22. The first-order valence-electron chi connectivity index (χ1n) is 18.5. The lowest BCUT2D eigenvalue weighted by Gasteiger charge is -2.28.